The molecule has 4 rings (SSSR count). The number of anilines is 1. The lowest BCUT2D eigenvalue weighted by Gasteiger charge is -2.17. The Kier molecular flexibility index (Phi) is 7.64. The molecular formula is C27H24N2O5S2. The fourth-order valence-corrected chi connectivity index (χ4v) is 5.75. The Hall–Kier alpha value is -3.79. The third-order valence-electron chi connectivity index (χ3n) is 5.48. The van der Waals surface area contributed by atoms with Gasteiger partial charge in [-0.15, -0.1) is 11.3 Å². The van der Waals surface area contributed by atoms with Crippen molar-refractivity contribution >= 4 is 38.9 Å². The number of hydrogen-bond donors (Lipinski definition) is 1. The molecule has 3 aromatic carbocycles. The van der Waals surface area contributed by atoms with Crippen molar-refractivity contribution < 1.29 is 22.7 Å². The van der Waals surface area contributed by atoms with E-state index in [4.69, 9.17) is 4.74 Å². The van der Waals surface area contributed by atoms with E-state index in [-0.39, 0.29) is 21.9 Å². The van der Waals surface area contributed by atoms with E-state index in [1.807, 2.05) is 60.7 Å². The van der Waals surface area contributed by atoms with Crippen molar-refractivity contribution in [3.8, 4) is 10.4 Å². The van der Waals surface area contributed by atoms with E-state index in [2.05, 4.69) is 5.32 Å². The predicted octanol–water partition coefficient (Wildman–Crippen LogP) is 5.27. The Morgan fingerprint density at radius 2 is 1.53 bits per heavy atom. The topological polar surface area (TPSA) is 92.8 Å². The highest BCUT2D eigenvalue weighted by atomic mass is 32.2. The van der Waals surface area contributed by atoms with Crippen LogP contribution in [0, 0.1) is 0 Å². The van der Waals surface area contributed by atoms with Gasteiger partial charge in [0.05, 0.1) is 17.7 Å². The summed E-state index contributed by atoms with van der Waals surface area (Å²) in [6, 6.07) is 26.2. The number of esters is 1. The molecule has 0 fully saturated rings. The van der Waals surface area contributed by atoms with E-state index < -0.39 is 21.9 Å². The molecule has 1 amide bonds. The number of sulfonamides is 1. The molecule has 0 aliphatic heterocycles. The first kappa shape index (κ1) is 25.3. The molecule has 0 saturated carbocycles. The molecule has 0 aliphatic rings. The lowest BCUT2D eigenvalue weighted by atomic mass is 10.2. The Morgan fingerprint density at radius 1 is 0.917 bits per heavy atom. The number of amides is 1. The molecule has 1 N–H and O–H groups in total. The van der Waals surface area contributed by atoms with Gasteiger partial charge in [0.2, 0.25) is 10.0 Å². The predicted molar refractivity (Wildman–Crippen MR) is 141 cm³/mol. The number of nitrogens with one attached hydrogen (secondary N) is 1. The highest BCUT2D eigenvalue weighted by Crippen LogP contribution is 2.35. The number of carbonyl (C=O) groups excluding carboxylic acids is 2. The molecule has 0 radical (unpaired) electrons. The fourth-order valence-electron chi connectivity index (χ4n) is 3.55. The molecular weight excluding hydrogens is 496 g/mol. The molecule has 4 aromatic rings. The molecule has 0 saturated heterocycles. The molecule has 0 aliphatic carbocycles. The van der Waals surface area contributed by atoms with E-state index in [0.717, 1.165) is 16.0 Å². The molecule has 36 heavy (non-hydrogen) atoms. The summed E-state index contributed by atoms with van der Waals surface area (Å²) >= 11 is 1.22. The smallest absolute Gasteiger partial charge is 0.350 e. The number of methoxy groups -OCH3 is 1. The van der Waals surface area contributed by atoms with E-state index in [1.54, 1.807) is 6.07 Å². The largest absolute Gasteiger partial charge is 0.465 e. The van der Waals surface area contributed by atoms with Crippen LogP contribution in [-0.4, -0.2) is 38.8 Å². The molecule has 9 heteroatoms. The number of thiophene rings is 1. The molecule has 0 bridgehead atoms. The van der Waals surface area contributed by atoms with Crippen molar-refractivity contribution in [2.24, 2.45) is 0 Å². The van der Waals surface area contributed by atoms with Crippen LogP contribution in [0.3, 0.4) is 0 Å². The third kappa shape index (κ3) is 5.54. The lowest BCUT2D eigenvalue weighted by molar-refractivity contribution is 0.0607. The minimum Gasteiger partial charge on any atom is -0.465 e. The van der Waals surface area contributed by atoms with E-state index >= 15 is 0 Å². The van der Waals surface area contributed by atoms with Gasteiger partial charge in [-0.05, 0) is 41.5 Å². The van der Waals surface area contributed by atoms with Gasteiger partial charge in [-0.1, -0.05) is 60.7 Å². The Bertz CT molecular complexity index is 1470. The zero-order valence-electron chi connectivity index (χ0n) is 19.7. The van der Waals surface area contributed by atoms with Crippen molar-refractivity contribution in [3.63, 3.8) is 0 Å². The standard InChI is InChI=1S/C27H24N2O5S2/c1-29(18-19-9-5-3-6-10-19)36(32,33)22-15-13-21(14-16-22)26(30)28-23-17-24(20-11-7-4-8-12-20)35-25(23)27(31)34-2/h3-17H,18H2,1-2H3,(H,28,30). The van der Waals surface area contributed by atoms with Crippen LogP contribution in [0.25, 0.3) is 10.4 Å². The van der Waals surface area contributed by atoms with Gasteiger partial charge in [0.15, 0.2) is 0 Å². The molecule has 1 aromatic heterocycles. The number of benzene rings is 3. The second-order valence-corrected chi connectivity index (χ2v) is 11.0. The summed E-state index contributed by atoms with van der Waals surface area (Å²) in [7, 11) is -0.951. The summed E-state index contributed by atoms with van der Waals surface area (Å²) < 4.78 is 32.1. The zero-order valence-corrected chi connectivity index (χ0v) is 21.3. The Labute approximate surface area is 214 Å². The monoisotopic (exact) mass is 520 g/mol. The number of nitrogens with zero attached hydrogens (tertiary/aromatic N) is 1. The first-order valence-electron chi connectivity index (χ1n) is 11.0. The third-order valence-corrected chi connectivity index (χ3v) is 8.46. The highest BCUT2D eigenvalue weighted by molar-refractivity contribution is 7.89. The fraction of sp³-hybridized carbons (Fsp3) is 0.111. The van der Waals surface area contributed by atoms with E-state index in [1.165, 1.54) is 54.1 Å². The summed E-state index contributed by atoms with van der Waals surface area (Å²) in [5.41, 5.74) is 2.35. The number of rotatable bonds is 8. The SMILES string of the molecule is COC(=O)c1sc(-c2ccccc2)cc1NC(=O)c1ccc(S(=O)(=O)N(C)Cc2ccccc2)cc1. The summed E-state index contributed by atoms with van der Waals surface area (Å²) in [4.78, 5) is 26.4. The highest BCUT2D eigenvalue weighted by Gasteiger charge is 2.23. The second-order valence-electron chi connectivity index (χ2n) is 7.94. The average molecular weight is 521 g/mol. The Morgan fingerprint density at radius 3 is 2.14 bits per heavy atom. The number of ether oxygens (including phenoxy) is 1. The van der Waals surface area contributed by atoms with Crippen LogP contribution >= 0.6 is 11.3 Å². The van der Waals surface area contributed by atoms with Gasteiger partial charge in [0.1, 0.15) is 4.88 Å². The van der Waals surface area contributed by atoms with Crippen molar-refractivity contribution in [2.45, 2.75) is 11.4 Å². The van der Waals surface area contributed by atoms with Crippen LogP contribution in [0.2, 0.25) is 0 Å². The van der Waals surface area contributed by atoms with Gasteiger partial charge < -0.3 is 10.1 Å². The summed E-state index contributed by atoms with van der Waals surface area (Å²) in [5.74, 6) is -1.03. The molecule has 1 heterocycles. The Balaban J connectivity index is 1.53. The maximum atomic E-state index is 13.0. The molecule has 0 unspecified atom stereocenters. The van der Waals surface area contributed by atoms with Crippen molar-refractivity contribution in [1.29, 1.82) is 0 Å². The normalized spacial score (nSPS) is 11.3. The lowest BCUT2D eigenvalue weighted by Crippen LogP contribution is -2.26. The number of hydrogen-bond acceptors (Lipinski definition) is 6. The first-order chi connectivity index (χ1) is 17.3. The molecule has 7 nitrogen and oxygen atoms in total. The van der Waals surface area contributed by atoms with E-state index in [9.17, 15) is 18.0 Å². The van der Waals surface area contributed by atoms with Crippen molar-refractivity contribution in [3.05, 3.63) is 107 Å². The zero-order chi connectivity index (χ0) is 25.7. The minimum atomic E-state index is -3.75. The summed E-state index contributed by atoms with van der Waals surface area (Å²) in [6.07, 6.45) is 0. The van der Waals surface area contributed by atoms with Crippen LogP contribution in [0.5, 0.6) is 0 Å². The van der Waals surface area contributed by atoms with Gasteiger partial charge in [0, 0.05) is 24.0 Å². The van der Waals surface area contributed by atoms with Crippen molar-refractivity contribution in [2.75, 3.05) is 19.5 Å². The van der Waals surface area contributed by atoms with Gasteiger partial charge in [-0.2, -0.15) is 4.31 Å². The van der Waals surface area contributed by atoms with Gasteiger partial charge in [-0.3, -0.25) is 4.79 Å². The maximum absolute atomic E-state index is 13.0. The summed E-state index contributed by atoms with van der Waals surface area (Å²) in [5, 5.41) is 2.76. The van der Waals surface area contributed by atoms with Crippen LogP contribution in [0.1, 0.15) is 25.6 Å². The minimum absolute atomic E-state index is 0.0784. The summed E-state index contributed by atoms with van der Waals surface area (Å²) in [6.45, 7) is 0.226. The van der Waals surface area contributed by atoms with Gasteiger partial charge >= 0.3 is 5.97 Å². The van der Waals surface area contributed by atoms with Gasteiger partial charge in [-0.25, -0.2) is 13.2 Å². The van der Waals surface area contributed by atoms with E-state index in [0.29, 0.717) is 5.69 Å². The number of carbonyl (C=O) groups is 2. The molecule has 0 atom stereocenters. The molecule has 184 valence electrons. The first-order valence-corrected chi connectivity index (χ1v) is 13.2. The maximum Gasteiger partial charge on any atom is 0.350 e. The quantitative estimate of drug-likeness (QED) is 0.319. The average Bonchev–Trinajstić information content (AvgIpc) is 3.33. The van der Waals surface area contributed by atoms with Crippen LogP contribution in [-0.2, 0) is 21.3 Å². The second kappa shape index (κ2) is 10.9. The van der Waals surface area contributed by atoms with Crippen LogP contribution in [0.15, 0.2) is 95.9 Å². The molecule has 0 spiro atoms. The van der Waals surface area contributed by atoms with Crippen molar-refractivity contribution in [1.82, 2.24) is 4.31 Å². The van der Waals surface area contributed by atoms with Crippen LogP contribution in [0.4, 0.5) is 5.69 Å². The van der Waals surface area contributed by atoms with Crippen LogP contribution < -0.4 is 5.32 Å². The van der Waals surface area contributed by atoms with Gasteiger partial charge in [0.25, 0.3) is 5.91 Å².